The van der Waals surface area contributed by atoms with E-state index in [1.165, 1.54) is 0 Å². The largest absolute Gasteiger partial charge is 0.508 e. The fourth-order valence-electron chi connectivity index (χ4n) is 1.67. The standard InChI is InChI=1S/C13H21O3P/c1-4-5-6-13(16-17(2,3)15)11-7-9-12(14)10-8-11/h7-10,13-14H,4-6H2,1-3H3. The summed E-state index contributed by atoms with van der Waals surface area (Å²) in [7, 11) is -2.50. The van der Waals surface area contributed by atoms with Crippen LogP contribution in [0.3, 0.4) is 0 Å². The summed E-state index contributed by atoms with van der Waals surface area (Å²) >= 11 is 0. The Bertz CT molecular complexity index is 380. The van der Waals surface area contributed by atoms with Crippen LogP contribution in [0.5, 0.6) is 5.75 Å². The average molecular weight is 256 g/mol. The summed E-state index contributed by atoms with van der Waals surface area (Å²) in [4.78, 5) is 0. The molecule has 17 heavy (non-hydrogen) atoms. The normalized spacial score (nSPS) is 13.6. The minimum atomic E-state index is -2.50. The third-order valence-corrected chi connectivity index (χ3v) is 3.23. The molecule has 0 amide bonds. The predicted molar refractivity (Wildman–Crippen MR) is 70.9 cm³/mol. The summed E-state index contributed by atoms with van der Waals surface area (Å²) in [5.74, 6) is 0.235. The fraction of sp³-hybridized carbons (Fsp3) is 0.538. The summed E-state index contributed by atoms with van der Waals surface area (Å²) in [6.45, 7) is 5.38. The van der Waals surface area contributed by atoms with Gasteiger partial charge in [0.25, 0.3) is 0 Å². The van der Waals surface area contributed by atoms with Gasteiger partial charge in [-0.15, -0.1) is 0 Å². The van der Waals surface area contributed by atoms with Gasteiger partial charge in [0.1, 0.15) is 5.75 Å². The van der Waals surface area contributed by atoms with Crippen molar-refractivity contribution in [3.8, 4) is 5.75 Å². The van der Waals surface area contributed by atoms with Gasteiger partial charge >= 0.3 is 0 Å². The zero-order chi connectivity index (χ0) is 12.9. The highest BCUT2D eigenvalue weighted by atomic mass is 31.2. The van der Waals surface area contributed by atoms with Crippen molar-refractivity contribution in [3.05, 3.63) is 29.8 Å². The van der Waals surface area contributed by atoms with Crippen LogP contribution in [-0.2, 0) is 9.09 Å². The van der Waals surface area contributed by atoms with Gasteiger partial charge in [-0.2, -0.15) is 0 Å². The first-order valence-corrected chi connectivity index (χ1v) is 8.46. The second kappa shape index (κ2) is 6.23. The first kappa shape index (κ1) is 14.3. The highest BCUT2D eigenvalue weighted by Gasteiger charge is 2.18. The smallest absolute Gasteiger partial charge is 0.197 e. The van der Waals surface area contributed by atoms with E-state index >= 15 is 0 Å². The molecule has 96 valence electrons. The third kappa shape index (κ3) is 5.38. The minimum absolute atomic E-state index is 0.142. The lowest BCUT2D eigenvalue weighted by molar-refractivity contribution is 0.198. The van der Waals surface area contributed by atoms with Gasteiger partial charge in [0, 0.05) is 13.3 Å². The summed E-state index contributed by atoms with van der Waals surface area (Å²) in [6, 6.07) is 6.92. The van der Waals surface area contributed by atoms with E-state index in [2.05, 4.69) is 6.92 Å². The van der Waals surface area contributed by atoms with Crippen molar-refractivity contribution >= 4 is 7.37 Å². The molecule has 1 N–H and O–H groups in total. The van der Waals surface area contributed by atoms with E-state index in [0.29, 0.717) is 0 Å². The minimum Gasteiger partial charge on any atom is -0.508 e. The summed E-state index contributed by atoms with van der Waals surface area (Å²) in [6.07, 6.45) is 2.82. The van der Waals surface area contributed by atoms with E-state index in [1.807, 2.05) is 12.1 Å². The molecule has 0 aliphatic carbocycles. The monoisotopic (exact) mass is 256 g/mol. The number of phenolic OH excluding ortho intramolecular Hbond substituents is 1. The van der Waals surface area contributed by atoms with Crippen molar-refractivity contribution in [1.82, 2.24) is 0 Å². The maximum absolute atomic E-state index is 11.8. The zero-order valence-electron chi connectivity index (χ0n) is 10.7. The molecule has 0 bridgehead atoms. The fourth-order valence-corrected chi connectivity index (χ4v) is 2.51. The maximum atomic E-state index is 11.8. The topological polar surface area (TPSA) is 46.5 Å². The first-order valence-electron chi connectivity index (χ1n) is 5.94. The number of aromatic hydroxyl groups is 1. The molecule has 4 heteroatoms. The number of rotatable bonds is 6. The van der Waals surface area contributed by atoms with Crippen molar-refractivity contribution in [2.45, 2.75) is 32.3 Å². The second-order valence-corrected chi connectivity index (χ2v) is 7.29. The molecule has 1 aromatic rings. The highest BCUT2D eigenvalue weighted by molar-refractivity contribution is 7.57. The Hall–Kier alpha value is -0.790. The van der Waals surface area contributed by atoms with Crippen LogP contribution in [-0.4, -0.2) is 18.4 Å². The van der Waals surface area contributed by atoms with Crippen molar-refractivity contribution in [2.24, 2.45) is 0 Å². The van der Waals surface area contributed by atoms with Crippen molar-refractivity contribution in [1.29, 1.82) is 0 Å². The SMILES string of the molecule is CCCCC(OP(C)(C)=O)c1ccc(O)cc1. The molecule has 0 aliphatic heterocycles. The molecule has 1 atom stereocenters. The molecule has 1 rings (SSSR count). The van der Waals surface area contributed by atoms with Crippen LogP contribution in [0.4, 0.5) is 0 Å². The Kier molecular flexibility index (Phi) is 5.23. The molecule has 0 spiro atoms. The molecule has 0 heterocycles. The molecule has 0 radical (unpaired) electrons. The predicted octanol–water partition coefficient (Wildman–Crippen LogP) is 4.18. The van der Waals surface area contributed by atoms with E-state index in [1.54, 1.807) is 25.5 Å². The van der Waals surface area contributed by atoms with Crippen LogP contribution >= 0.6 is 7.37 Å². The molecule has 0 saturated carbocycles. The van der Waals surface area contributed by atoms with E-state index < -0.39 is 7.37 Å². The van der Waals surface area contributed by atoms with Gasteiger partial charge in [0.05, 0.1) is 6.10 Å². The maximum Gasteiger partial charge on any atom is 0.197 e. The van der Waals surface area contributed by atoms with Crippen LogP contribution in [0.2, 0.25) is 0 Å². The Morgan fingerprint density at radius 2 is 1.88 bits per heavy atom. The van der Waals surface area contributed by atoms with Gasteiger partial charge in [0.2, 0.25) is 0 Å². The number of phenols is 1. The van der Waals surface area contributed by atoms with E-state index in [0.717, 1.165) is 24.8 Å². The van der Waals surface area contributed by atoms with E-state index in [9.17, 15) is 9.67 Å². The molecule has 3 nitrogen and oxygen atoms in total. The molecule has 1 unspecified atom stereocenters. The third-order valence-electron chi connectivity index (χ3n) is 2.47. The molecular weight excluding hydrogens is 235 g/mol. The molecule has 0 aliphatic rings. The van der Waals surface area contributed by atoms with Crippen molar-refractivity contribution < 1.29 is 14.2 Å². The highest BCUT2D eigenvalue weighted by Crippen LogP contribution is 2.45. The molecule has 0 aromatic heterocycles. The quantitative estimate of drug-likeness (QED) is 0.777. The lowest BCUT2D eigenvalue weighted by Crippen LogP contribution is -2.02. The molecule has 1 aromatic carbocycles. The van der Waals surface area contributed by atoms with Gasteiger partial charge in [-0.25, -0.2) is 0 Å². The number of unbranched alkanes of at least 4 members (excludes halogenated alkanes) is 1. The molecule has 0 fully saturated rings. The van der Waals surface area contributed by atoms with Crippen LogP contribution in [0, 0.1) is 0 Å². The Labute approximate surface area is 103 Å². The van der Waals surface area contributed by atoms with Crippen LogP contribution in [0.25, 0.3) is 0 Å². The number of benzene rings is 1. The van der Waals surface area contributed by atoms with E-state index in [-0.39, 0.29) is 11.9 Å². The second-order valence-electron chi connectivity index (χ2n) is 4.58. The lowest BCUT2D eigenvalue weighted by Gasteiger charge is -2.20. The van der Waals surface area contributed by atoms with Crippen molar-refractivity contribution in [2.75, 3.05) is 13.3 Å². The number of hydrogen-bond acceptors (Lipinski definition) is 3. The van der Waals surface area contributed by atoms with Gasteiger partial charge in [-0.05, 0) is 24.1 Å². The molecular formula is C13H21O3P. The Morgan fingerprint density at radius 1 is 1.29 bits per heavy atom. The lowest BCUT2D eigenvalue weighted by atomic mass is 10.0. The van der Waals surface area contributed by atoms with Gasteiger partial charge < -0.3 is 9.63 Å². The molecule has 0 saturated heterocycles. The van der Waals surface area contributed by atoms with E-state index in [4.69, 9.17) is 4.52 Å². The van der Waals surface area contributed by atoms with Crippen molar-refractivity contribution in [3.63, 3.8) is 0 Å². The number of hydrogen-bond donors (Lipinski definition) is 1. The summed E-state index contributed by atoms with van der Waals surface area (Å²) in [5, 5.41) is 9.25. The van der Waals surface area contributed by atoms with Crippen LogP contribution in [0.15, 0.2) is 24.3 Å². The van der Waals surface area contributed by atoms with Gasteiger partial charge in [0.15, 0.2) is 7.37 Å². The summed E-state index contributed by atoms with van der Waals surface area (Å²) in [5.41, 5.74) is 0.972. The average Bonchev–Trinajstić information content (AvgIpc) is 2.24. The van der Waals surface area contributed by atoms with Crippen LogP contribution < -0.4 is 0 Å². The van der Waals surface area contributed by atoms with Crippen LogP contribution in [0.1, 0.15) is 37.9 Å². The Morgan fingerprint density at radius 3 is 2.35 bits per heavy atom. The summed E-state index contributed by atoms with van der Waals surface area (Å²) < 4.78 is 17.4. The van der Waals surface area contributed by atoms with Gasteiger partial charge in [-0.1, -0.05) is 31.9 Å². The van der Waals surface area contributed by atoms with Gasteiger partial charge in [-0.3, -0.25) is 4.57 Å². The zero-order valence-corrected chi connectivity index (χ0v) is 11.6. The first-order chi connectivity index (χ1) is 7.92. The Balaban J connectivity index is 2.81.